The summed E-state index contributed by atoms with van der Waals surface area (Å²) < 4.78 is 22.6. The van der Waals surface area contributed by atoms with Gasteiger partial charge in [0.25, 0.3) is 0 Å². The zero-order valence-electron chi connectivity index (χ0n) is 12.7. The molecule has 0 radical (unpaired) electrons. The van der Waals surface area contributed by atoms with Gasteiger partial charge in [0.05, 0.1) is 23.1 Å². The Morgan fingerprint density at radius 3 is 2.87 bits per heavy atom. The van der Waals surface area contributed by atoms with Crippen molar-refractivity contribution in [2.24, 2.45) is 0 Å². The lowest BCUT2D eigenvalue weighted by molar-refractivity contribution is -0.0899. The van der Waals surface area contributed by atoms with Crippen molar-refractivity contribution < 1.29 is 18.3 Å². The molecule has 23 heavy (non-hydrogen) atoms. The summed E-state index contributed by atoms with van der Waals surface area (Å²) in [7, 11) is 0. The van der Waals surface area contributed by atoms with Crippen molar-refractivity contribution in [3.63, 3.8) is 0 Å². The first-order valence-corrected chi connectivity index (χ1v) is 7.65. The molecule has 0 spiro atoms. The van der Waals surface area contributed by atoms with Crippen molar-refractivity contribution in [1.82, 2.24) is 0 Å². The second-order valence-electron chi connectivity index (χ2n) is 5.43. The fourth-order valence-electron chi connectivity index (χ4n) is 3.09. The highest BCUT2D eigenvalue weighted by molar-refractivity contribution is 5.85. The van der Waals surface area contributed by atoms with Crippen LogP contribution in [0.1, 0.15) is 30.6 Å². The summed E-state index contributed by atoms with van der Waals surface area (Å²) in [5.74, 6) is 0.996. The predicted octanol–water partition coefficient (Wildman–Crippen LogP) is 3.66. The number of fused-ring (bicyclic) bond motifs is 3. The molecule has 0 aliphatic carbocycles. The highest BCUT2D eigenvalue weighted by Gasteiger charge is 2.36. The molecule has 3 aromatic rings. The van der Waals surface area contributed by atoms with Crippen molar-refractivity contribution in [2.45, 2.75) is 25.6 Å². The average Bonchev–Trinajstić information content (AvgIpc) is 3.09. The molecule has 1 aromatic carbocycles. The Morgan fingerprint density at radius 1 is 1.22 bits per heavy atom. The quantitative estimate of drug-likeness (QED) is 0.691. The topological polar surface area (TPSA) is 61.8 Å². The fourth-order valence-corrected chi connectivity index (χ4v) is 3.09. The molecule has 5 heteroatoms. The van der Waals surface area contributed by atoms with Crippen molar-refractivity contribution >= 4 is 11.0 Å². The predicted molar refractivity (Wildman–Crippen MR) is 83.7 cm³/mol. The Bertz CT molecular complexity index is 878. The molecule has 0 saturated heterocycles. The van der Waals surface area contributed by atoms with Crippen LogP contribution < -0.4 is 10.4 Å². The van der Waals surface area contributed by atoms with Crippen LogP contribution in [0.25, 0.3) is 11.0 Å². The minimum atomic E-state index is -0.423. The van der Waals surface area contributed by atoms with Crippen molar-refractivity contribution in [3.8, 4) is 5.75 Å². The molecule has 3 heterocycles. The van der Waals surface area contributed by atoms with Gasteiger partial charge in [-0.25, -0.2) is 4.79 Å². The molecule has 0 fully saturated rings. The van der Waals surface area contributed by atoms with Crippen molar-refractivity contribution in [3.05, 3.63) is 64.4 Å². The smallest absolute Gasteiger partial charge is 0.343 e. The normalized spacial score (nSPS) is 20.2. The summed E-state index contributed by atoms with van der Waals surface area (Å²) in [6.07, 6.45) is 1.69. The number of para-hydroxylation sites is 1. The van der Waals surface area contributed by atoms with Gasteiger partial charge in [0, 0.05) is 13.0 Å². The van der Waals surface area contributed by atoms with E-state index in [0.29, 0.717) is 35.7 Å². The minimum absolute atomic E-state index is 0.244. The van der Waals surface area contributed by atoms with E-state index in [2.05, 4.69) is 0 Å². The lowest BCUT2D eigenvalue weighted by atomic mass is 9.90. The number of hydrogen-bond donors (Lipinski definition) is 0. The van der Waals surface area contributed by atoms with Crippen LogP contribution in [0, 0.1) is 0 Å². The van der Waals surface area contributed by atoms with E-state index < -0.39 is 11.9 Å². The van der Waals surface area contributed by atoms with E-state index in [4.69, 9.17) is 18.3 Å². The van der Waals surface area contributed by atoms with Crippen molar-refractivity contribution in [1.29, 1.82) is 0 Å². The maximum atomic E-state index is 12.5. The molecule has 5 nitrogen and oxygen atoms in total. The van der Waals surface area contributed by atoms with Gasteiger partial charge in [0.1, 0.15) is 17.1 Å². The molecular weight excluding hydrogens is 296 g/mol. The van der Waals surface area contributed by atoms with Crippen LogP contribution in [0.15, 0.2) is 56.3 Å². The SMILES string of the molecule is CCOC1CC(c2ccco2)c2c(c3ccccc3oc2=O)O1. The molecule has 4 rings (SSSR count). The molecule has 0 bridgehead atoms. The van der Waals surface area contributed by atoms with Crippen LogP contribution in [0.5, 0.6) is 5.75 Å². The molecule has 1 aliphatic heterocycles. The van der Waals surface area contributed by atoms with E-state index >= 15 is 0 Å². The molecule has 2 atom stereocenters. The third-order valence-electron chi connectivity index (χ3n) is 4.06. The number of furan rings is 1. The van der Waals surface area contributed by atoms with Gasteiger partial charge in [-0.15, -0.1) is 0 Å². The number of benzene rings is 1. The second kappa shape index (κ2) is 5.59. The first kappa shape index (κ1) is 14.1. The van der Waals surface area contributed by atoms with Gasteiger partial charge in [-0.05, 0) is 31.2 Å². The molecule has 118 valence electrons. The molecule has 2 aromatic heterocycles. The Labute approximate surface area is 132 Å². The summed E-state index contributed by atoms with van der Waals surface area (Å²) in [5.41, 5.74) is 0.608. The number of ether oxygens (including phenoxy) is 2. The third kappa shape index (κ3) is 2.33. The highest BCUT2D eigenvalue weighted by Crippen LogP contribution is 2.42. The summed E-state index contributed by atoms with van der Waals surface area (Å²) >= 11 is 0. The largest absolute Gasteiger partial charge is 0.469 e. The average molecular weight is 312 g/mol. The van der Waals surface area contributed by atoms with Crippen LogP contribution in [0.4, 0.5) is 0 Å². The first-order chi connectivity index (χ1) is 11.3. The lowest BCUT2D eigenvalue weighted by Gasteiger charge is -2.30. The number of hydrogen-bond acceptors (Lipinski definition) is 5. The summed E-state index contributed by atoms with van der Waals surface area (Å²) in [6, 6.07) is 11.0. The van der Waals surface area contributed by atoms with Gasteiger partial charge in [0.2, 0.25) is 6.29 Å². The van der Waals surface area contributed by atoms with E-state index in [1.807, 2.05) is 37.3 Å². The summed E-state index contributed by atoms with van der Waals surface area (Å²) in [6.45, 7) is 2.45. The summed E-state index contributed by atoms with van der Waals surface area (Å²) in [5, 5.41) is 0.767. The molecule has 2 unspecified atom stereocenters. The maximum Gasteiger partial charge on any atom is 0.343 e. The molecular formula is C18H16O5. The maximum absolute atomic E-state index is 12.5. The molecule has 0 saturated carbocycles. The minimum Gasteiger partial charge on any atom is -0.469 e. The standard InChI is InChI=1S/C18H16O5/c1-2-20-15-10-12(13-8-5-9-21-13)16-17(23-15)11-6-3-4-7-14(11)22-18(16)19/h3-9,12,15H,2,10H2,1H3. The van der Waals surface area contributed by atoms with Gasteiger partial charge >= 0.3 is 5.63 Å². The van der Waals surface area contributed by atoms with E-state index in [0.717, 1.165) is 5.39 Å². The monoisotopic (exact) mass is 312 g/mol. The van der Waals surface area contributed by atoms with Crippen LogP contribution in [0.2, 0.25) is 0 Å². The van der Waals surface area contributed by atoms with Crippen LogP contribution in [-0.4, -0.2) is 12.9 Å². The van der Waals surface area contributed by atoms with Gasteiger partial charge in [-0.2, -0.15) is 0 Å². The Morgan fingerprint density at radius 2 is 2.09 bits per heavy atom. The Balaban J connectivity index is 1.96. The highest BCUT2D eigenvalue weighted by atomic mass is 16.7. The van der Waals surface area contributed by atoms with Crippen molar-refractivity contribution in [2.75, 3.05) is 6.61 Å². The fraction of sp³-hybridized carbons (Fsp3) is 0.278. The van der Waals surface area contributed by atoms with E-state index in [9.17, 15) is 4.79 Å². The Hall–Kier alpha value is -2.53. The van der Waals surface area contributed by atoms with Crippen LogP contribution in [0.3, 0.4) is 0 Å². The van der Waals surface area contributed by atoms with Gasteiger partial charge < -0.3 is 18.3 Å². The molecule has 1 aliphatic rings. The van der Waals surface area contributed by atoms with Gasteiger partial charge in [-0.1, -0.05) is 12.1 Å². The lowest BCUT2D eigenvalue weighted by Crippen LogP contribution is -2.32. The third-order valence-corrected chi connectivity index (χ3v) is 4.06. The molecule has 0 amide bonds. The zero-order valence-corrected chi connectivity index (χ0v) is 12.7. The van der Waals surface area contributed by atoms with E-state index in [1.165, 1.54) is 0 Å². The zero-order chi connectivity index (χ0) is 15.8. The van der Waals surface area contributed by atoms with Crippen LogP contribution in [-0.2, 0) is 4.74 Å². The van der Waals surface area contributed by atoms with Gasteiger partial charge in [0.15, 0.2) is 0 Å². The van der Waals surface area contributed by atoms with Gasteiger partial charge in [-0.3, -0.25) is 0 Å². The first-order valence-electron chi connectivity index (χ1n) is 7.65. The van der Waals surface area contributed by atoms with E-state index in [-0.39, 0.29) is 5.92 Å². The molecule has 0 N–H and O–H groups in total. The van der Waals surface area contributed by atoms with Crippen LogP contribution >= 0.6 is 0 Å². The number of rotatable bonds is 3. The Kier molecular flexibility index (Phi) is 3.42. The van der Waals surface area contributed by atoms with E-state index in [1.54, 1.807) is 12.3 Å². The summed E-state index contributed by atoms with van der Waals surface area (Å²) in [4.78, 5) is 12.5. The second-order valence-corrected chi connectivity index (χ2v) is 5.43.